The summed E-state index contributed by atoms with van der Waals surface area (Å²) in [5.41, 5.74) is 8.30. The Hall–Kier alpha value is -5.97. The van der Waals surface area contributed by atoms with E-state index in [9.17, 15) is 15.0 Å². The third-order valence-electron chi connectivity index (χ3n) is 8.22. The predicted molar refractivity (Wildman–Crippen MR) is 187 cm³/mol. The molecular weight excluding hydrogens is 606 g/mol. The van der Waals surface area contributed by atoms with Gasteiger partial charge >= 0.3 is 5.97 Å². The van der Waals surface area contributed by atoms with Crippen LogP contribution in [0.2, 0.25) is 0 Å². The lowest BCUT2D eigenvalue weighted by Gasteiger charge is -2.20. The van der Waals surface area contributed by atoms with Crippen molar-refractivity contribution < 1.29 is 24.4 Å². The maximum atomic E-state index is 12.1. The van der Waals surface area contributed by atoms with E-state index >= 15 is 0 Å². The molecule has 6 aromatic rings. The number of hydrogen-bond acceptors (Lipinski definition) is 9. The minimum absolute atomic E-state index is 0.117. The first-order valence-electron chi connectivity index (χ1n) is 16.0. The first kappa shape index (κ1) is 32.0. The zero-order valence-electron chi connectivity index (χ0n) is 27.2. The third kappa shape index (κ3) is 6.90. The number of hydrogen-bond donors (Lipinski definition) is 2. The summed E-state index contributed by atoms with van der Waals surface area (Å²) in [6, 6.07) is 32.9. The molecule has 2 N–H and O–H groups in total. The number of carbonyl (C=O) groups is 1. The number of anilines is 2. The van der Waals surface area contributed by atoms with Gasteiger partial charge in [0.15, 0.2) is 0 Å². The number of aromatic hydroxyl groups is 2. The Bertz CT molecular complexity index is 2050. The molecule has 0 fully saturated rings. The molecule has 48 heavy (non-hydrogen) atoms. The lowest BCUT2D eigenvalue weighted by Crippen LogP contribution is -2.33. The summed E-state index contributed by atoms with van der Waals surface area (Å²) >= 11 is 0. The second-order valence-corrected chi connectivity index (χ2v) is 11.3. The molecule has 2 aromatic heterocycles. The van der Waals surface area contributed by atoms with Crippen molar-refractivity contribution in [2.75, 3.05) is 36.5 Å². The van der Waals surface area contributed by atoms with Crippen LogP contribution in [-0.2, 0) is 4.79 Å². The number of fused-ring (bicyclic) bond motifs is 2. The number of para-hydroxylation sites is 1. The molecule has 0 amide bonds. The quantitative estimate of drug-likeness (QED) is 0.0836. The second kappa shape index (κ2) is 14.2. The van der Waals surface area contributed by atoms with Gasteiger partial charge in [0.25, 0.3) is 0 Å². The van der Waals surface area contributed by atoms with E-state index in [0.29, 0.717) is 29.1 Å². The van der Waals surface area contributed by atoms with Crippen molar-refractivity contribution >= 4 is 50.8 Å². The van der Waals surface area contributed by atoms with Crippen LogP contribution in [0.4, 0.5) is 22.7 Å². The average molecular weight is 645 g/mol. The van der Waals surface area contributed by atoms with Gasteiger partial charge in [0.1, 0.15) is 11.0 Å². The van der Waals surface area contributed by atoms with Gasteiger partial charge in [-0.25, -0.2) is 9.78 Å². The number of azo groups is 1. The molecule has 6 rings (SSSR count). The second-order valence-electron chi connectivity index (χ2n) is 11.3. The highest BCUT2D eigenvalue weighted by Gasteiger charge is 2.21. The van der Waals surface area contributed by atoms with Crippen LogP contribution in [0.25, 0.3) is 27.8 Å². The van der Waals surface area contributed by atoms with E-state index < -0.39 is 5.97 Å². The Balaban J connectivity index is 1.19. The molecule has 0 aliphatic rings. The summed E-state index contributed by atoms with van der Waals surface area (Å²) in [5.74, 6) is -1.25. The zero-order chi connectivity index (χ0) is 33.6. The largest absolute Gasteiger partial charge is 0.492 e. The zero-order valence-corrected chi connectivity index (χ0v) is 27.2. The summed E-state index contributed by atoms with van der Waals surface area (Å²) in [7, 11) is 1.94. The van der Waals surface area contributed by atoms with Crippen molar-refractivity contribution in [3.05, 3.63) is 103 Å². The van der Waals surface area contributed by atoms with Crippen LogP contribution in [0.3, 0.4) is 0 Å². The molecule has 2 heterocycles. The fraction of sp³-hybridized carbons (Fsp3) is 0.216. The van der Waals surface area contributed by atoms with Gasteiger partial charge in [0, 0.05) is 80.9 Å². The first-order valence-corrected chi connectivity index (χ1v) is 16.0. The SMILES string of the molecule is CCN(CC)c1ccc2nc3ccc(N=Nc4ccc(N(C)CCCC(=O)On5c(O)ccc5O)cc4)cc3[n+](-c3ccccc3)c2c1. The Morgan fingerprint density at radius 2 is 1.40 bits per heavy atom. The number of aromatic nitrogens is 3. The monoisotopic (exact) mass is 644 g/mol. The van der Waals surface area contributed by atoms with E-state index in [4.69, 9.17) is 9.82 Å². The van der Waals surface area contributed by atoms with Gasteiger partial charge in [0.05, 0.1) is 11.4 Å². The maximum Gasteiger partial charge on any atom is 0.333 e. The van der Waals surface area contributed by atoms with E-state index in [0.717, 1.165) is 52.2 Å². The van der Waals surface area contributed by atoms with Crippen molar-refractivity contribution in [2.24, 2.45) is 10.2 Å². The van der Waals surface area contributed by atoms with Crippen LogP contribution in [-0.4, -0.2) is 52.6 Å². The number of benzene rings is 4. The molecule has 4 aromatic carbocycles. The molecular formula is C37H38N7O4+. The lowest BCUT2D eigenvalue weighted by molar-refractivity contribution is -0.538. The standard InChI is InChI=1S/C37H37N7O4/c1-4-42(5-2)30-18-20-32-34(25-30)43(29-10-7-6-8-11-29)33-24-27(15-19-31(33)38-32)40-39-26-13-16-28(17-14-26)41(3)23-9-12-37(47)48-44-35(45)21-22-36(44)46/h6-8,10-11,13-22,24-25H,4-5,9,12,23H2,1-3H3,(H,38,39)/p+1. The Kier molecular flexibility index (Phi) is 9.47. The van der Waals surface area contributed by atoms with Gasteiger partial charge in [0.2, 0.25) is 28.5 Å². The smallest absolute Gasteiger partial charge is 0.333 e. The summed E-state index contributed by atoms with van der Waals surface area (Å²) < 4.78 is 2.93. The summed E-state index contributed by atoms with van der Waals surface area (Å²) in [5, 5.41) is 28.4. The summed E-state index contributed by atoms with van der Waals surface area (Å²) in [4.78, 5) is 26.5. The average Bonchev–Trinajstić information content (AvgIpc) is 3.42. The van der Waals surface area contributed by atoms with E-state index in [-0.39, 0.29) is 18.2 Å². The van der Waals surface area contributed by atoms with Gasteiger partial charge in [-0.05, 0) is 68.8 Å². The fourth-order valence-corrected chi connectivity index (χ4v) is 5.66. The molecule has 0 radical (unpaired) electrons. The number of rotatable bonds is 12. The van der Waals surface area contributed by atoms with Crippen LogP contribution in [0.15, 0.2) is 113 Å². The molecule has 11 nitrogen and oxygen atoms in total. The Morgan fingerprint density at radius 1 is 0.792 bits per heavy atom. The maximum absolute atomic E-state index is 12.1. The number of nitrogens with zero attached hydrogens (tertiary/aromatic N) is 7. The van der Waals surface area contributed by atoms with Crippen LogP contribution in [0, 0.1) is 0 Å². The molecule has 0 saturated heterocycles. The van der Waals surface area contributed by atoms with Gasteiger partial charge < -0.3 is 24.9 Å². The highest BCUT2D eigenvalue weighted by Crippen LogP contribution is 2.27. The molecule has 0 aliphatic carbocycles. The minimum atomic E-state index is -0.558. The summed E-state index contributed by atoms with van der Waals surface area (Å²) in [6.07, 6.45) is 0.636. The minimum Gasteiger partial charge on any atom is -0.492 e. The van der Waals surface area contributed by atoms with E-state index in [2.05, 4.69) is 63.9 Å². The first-order chi connectivity index (χ1) is 23.3. The van der Waals surface area contributed by atoms with Crippen molar-refractivity contribution in [3.63, 3.8) is 0 Å². The summed E-state index contributed by atoms with van der Waals surface area (Å²) in [6.45, 7) is 6.76. The molecule has 0 saturated carbocycles. The van der Waals surface area contributed by atoms with Crippen LogP contribution < -0.4 is 19.2 Å². The molecule has 0 spiro atoms. The lowest BCUT2D eigenvalue weighted by atomic mass is 10.1. The van der Waals surface area contributed by atoms with E-state index in [1.165, 1.54) is 12.1 Å². The molecule has 0 aliphatic heterocycles. The normalized spacial score (nSPS) is 11.4. The highest BCUT2D eigenvalue weighted by atomic mass is 16.7. The van der Waals surface area contributed by atoms with Gasteiger partial charge in [-0.3, -0.25) is 0 Å². The van der Waals surface area contributed by atoms with E-state index in [1.807, 2.05) is 72.6 Å². The van der Waals surface area contributed by atoms with Gasteiger partial charge in [-0.1, -0.05) is 18.2 Å². The van der Waals surface area contributed by atoms with Crippen LogP contribution >= 0.6 is 0 Å². The number of carbonyl (C=O) groups excluding carboxylic acids is 1. The molecule has 11 heteroatoms. The molecule has 0 unspecified atom stereocenters. The van der Waals surface area contributed by atoms with Crippen molar-refractivity contribution in [3.8, 4) is 17.4 Å². The predicted octanol–water partition coefficient (Wildman–Crippen LogP) is 7.01. The van der Waals surface area contributed by atoms with Crippen molar-refractivity contribution in [1.29, 1.82) is 0 Å². The Morgan fingerprint density at radius 3 is 2.08 bits per heavy atom. The van der Waals surface area contributed by atoms with Crippen LogP contribution in [0.1, 0.15) is 26.7 Å². The van der Waals surface area contributed by atoms with Crippen LogP contribution in [0.5, 0.6) is 11.8 Å². The molecule has 244 valence electrons. The topological polar surface area (TPSA) is 120 Å². The molecule has 0 atom stereocenters. The molecule has 0 bridgehead atoms. The van der Waals surface area contributed by atoms with Crippen molar-refractivity contribution in [2.45, 2.75) is 26.7 Å². The highest BCUT2D eigenvalue weighted by molar-refractivity contribution is 5.85. The van der Waals surface area contributed by atoms with Gasteiger partial charge in [-0.15, -0.1) is 9.30 Å². The third-order valence-corrected chi connectivity index (χ3v) is 8.22. The van der Waals surface area contributed by atoms with E-state index in [1.54, 1.807) is 0 Å². The van der Waals surface area contributed by atoms with Gasteiger partial charge in [-0.2, -0.15) is 10.2 Å². The Labute approximate surface area is 278 Å². The fourth-order valence-electron chi connectivity index (χ4n) is 5.66. The van der Waals surface area contributed by atoms with Crippen molar-refractivity contribution in [1.82, 2.24) is 9.71 Å².